The molecule has 124 valence electrons. The van der Waals surface area contributed by atoms with Crippen molar-refractivity contribution in [3.63, 3.8) is 0 Å². The summed E-state index contributed by atoms with van der Waals surface area (Å²) in [4.78, 5) is 11.9. The van der Waals surface area contributed by atoms with Crippen LogP contribution in [0.5, 0.6) is 0 Å². The fraction of sp³-hybridized carbons (Fsp3) is 0.800. The zero-order valence-corrected chi connectivity index (χ0v) is 13.8. The van der Waals surface area contributed by atoms with Crippen LogP contribution in [0.25, 0.3) is 0 Å². The second-order valence-electron chi connectivity index (χ2n) is 7.21. The van der Waals surface area contributed by atoms with E-state index in [1.807, 2.05) is 34.0 Å². The minimum Gasteiger partial charge on any atom is -0.444 e. The van der Waals surface area contributed by atoms with Crippen molar-refractivity contribution in [2.45, 2.75) is 45.6 Å². The van der Waals surface area contributed by atoms with Gasteiger partial charge in [-0.15, -0.1) is 5.10 Å². The Bertz CT molecular complexity index is 519. The lowest BCUT2D eigenvalue weighted by Crippen LogP contribution is -2.44. The number of nitrogens with zero attached hydrogens (tertiary/aromatic N) is 3. The molecule has 22 heavy (non-hydrogen) atoms. The zero-order chi connectivity index (χ0) is 16.4. The Hall–Kier alpha value is -1.63. The average Bonchev–Trinajstić information content (AvgIpc) is 3.17. The van der Waals surface area contributed by atoms with Gasteiger partial charge >= 0.3 is 6.09 Å². The third-order valence-electron chi connectivity index (χ3n) is 3.93. The highest BCUT2D eigenvalue weighted by atomic mass is 16.6. The molecule has 0 aliphatic heterocycles. The van der Waals surface area contributed by atoms with Crippen LogP contribution in [0.3, 0.4) is 0 Å². The molecule has 1 aliphatic rings. The summed E-state index contributed by atoms with van der Waals surface area (Å²) in [5.41, 5.74) is -0.0990. The highest BCUT2D eigenvalue weighted by Gasteiger charge is 2.45. The van der Waals surface area contributed by atoms with E-state index in [4.69, 9.17) is 4.74 Å². The summed E-state index contributed by atoms with van der Waals surface area (Å²) in [6, 6.07) is 0. The van der Waals surface area contributed by atoms with E-state index in [0.29, 0.717) is 18.9 Å². The van der Waals surface area contributed by atoms with E-state index in [9.17, 15) is 9.90 Å². The second kappa shape index (κ2) is 6.24. The lowest BCUT2D eigenvalue weighted by atomic mass is 9.79. The van der Waals surface area contributed by atoms with Crippen LogP contribution in [-0.2, 0) is 18.2 Å². The molecule has 1 aromatic rings. The Morgan fingerprint density at radius 1 is 1.50 bits per heavy atom. The number of rotatable bonds is 6. The normalized spacial score (nSPS) is 17.9. The minimum absolute atomic E-state index is 0.00401. The van der Waals surface area contributed by atoms with Gasteiger partial charge in [-0.25, -0.2) is 4.79 Å². The van der Waals surface area contributed by atoms with Crippen molar-refractivity contribution < 1.29 is 14.6 Å². The molecule has 0 aromatic carbocycles. The van der Waals surface area contributed by atoms with Crippen LogP contribution >= 0.6 is 0 Å². The van der Waals surface area contributed by atoms with Crippen LogP contribution in [0.1, 0.15) is 39.3 Å². The van der Waals surface area contributed by atoms with E-state index in [1.54, 1.807) is 4.68 Å². The second-order valence-corrected chi connectivity index (χ2v) is 7.21. The molecule has 1 atom stereocenters. The van der Waals surface area contributed by atoms with Crippen molar-refractivity contribution >= 4 is 6.09 Å². The van der Waals surface area contributed by atoms with E-state index >= 15 is 0 Å². The monoisotopic (exact) mass is 310 g/mol. The minimum atomic E-state index is -0.531. The van der Waals surface area contributed by atoms with E-state index in [-0.39, 0.29) is 6.61 Å². The van der Waals surface area contributed by atoms with Crippen molar-refractivity contribution in [1.82, 2.24) is 20.3 Å². The number of hydrogen-bond acceptors (Lipinski definition) is 5. The summed E-state index contributed by atoms with van der Waals surface area (Å²) in [7, 11) is 1.81. The third-order valence-corrected chi connectivity index (χ3v) is 3.93. The summed E-state index contributed by atoms with van der Waals surface area (Å²) in [5.74, 6) is 0.398. The van der Waals surface area contributed by atoms with Crippen LogP contribution in [0.15, 0.2) is 6.20 Å². The van der Waals surface area contributed by atoms with E-state index < -0.39 is 17.1 Å². The third kappa shape index (κ3) is 4.43. The lowest BCUT2D eigenvalue weighted by Gasteiger charge is -2.32. The molecule has 0 bridgehead atoms. The molecule has 1 amide bonds. The van der Waals surface area contributed by atoms with Crippen molar-refractivity contribution in [3.8, 4) is 0 Å². The number of aliphatic hydroxyl groups excluding tert-OH is 1. The Morgan fingerprint density at radius 3 is 2.64 bits per heavy atom. The van der Waals surface area contributed by atoms with Gasteiger partial charge in [0.1, 0.15) is 5.60 Å². The number of carbonyl (C=O) groups excluding carboxylic acids is 1. The molecule has 1 aliphatic carbocycles. The van der Waals surface area contributed by atoms with Gasteiger partial charge in [-0.05, 0) is 39.5 Å². The predicted octanol–water partition coefficient (Wildman–Crippen LogP) is 1.27. The first-order valence-electron chi connectivity index (χ1n) is 7.67. The largest absolute Gasteiger partial charge is 0.444 e. The zero-order valence-electron chi connectivity index (χ0n) is 13.8. The summed E-state index contributed by atoms with van der Waals surface area (Å²) in [6.07, 6.45) is 4.12. The van der Waals surface area contributed by atoms with Gasteiger partial charge in [0.05, 0.1) is 12.3 Å². The maximum atomic E-state index is 11.9. The number of amides is 1. The molecular weight excluding hydrogens is 284 g/mol. The molecule has 7 nitrogen and oxygen atoms in total. The van der Waals surface area contributed by atoms with Crippen LogP contribution in [0.4, 0.5) is 4.79 Å². The van der Waals surface area contributed by atoms with Gasteiger partial charge in [0.25, 0.3) is 0 Å². The smallest absolute Gasteiger partial charge is 0.407 e. The Balaban J connectivity index is 2.01. The number of alkyl carbamates (subject to hydrolysis) is 1. The maximum absolute atomic E-state index is 11.9. The van der Waals surface area contributed by atoms with E-state index in [0.717, 1.165) is 18.5 Å². The Kier molecular flexibility index (Phi) is 4.75. The first-order chi connectivity index (χ1) is 10.2. The number of aryl methyl sites for hydroxylation is 1. The molecule has 1 aromatic heterocycles. The predicted molar refractivity (Wildman–Crippen MR) is 81.2 cm³/mol. The van der Waals surface area contributed by atoms with Crippen molar-refractivity contribution in [2.24, 2.45) is 18.4 Å². The lowest BCUT2D eigenvalue weighted by molar-refractivity contribution is 0.0438. The van der Waals surface area contributed by atoms with Crippen molar-refractivity contribution in [2.75, 3.05) is 13.2 Å². The van der Waals surface area contributed by atoms with Gasteiger partial charge in [-0.2, -0.15) is 0 Å². The number of nitrogens with one attached hydrogen (secondary N) is 1. The van der Waals surface area contributed by atoms with Gasteiger partial charge in [0, 0.05) is 31.6 Å². The van der Waals surface area contributed by atoms with Crippen molar-refractivity contribution in [3.05, 3.63) is 11.9 Å². The van der Waals surface area contributed by atoms with Gasteiger partial charge in [-0.1, -0.05) is 5.21 Å². The van der Waals surface area contributed by atoms with Gasteiger partial charge in [0.15, 0.2) is 0 Å². The molecule has 2 N–H and O–H groups in total. The summed E-state index contributed by atoms with van der Waals surface area (Å²) in [5, 5.41) is 20.8. The number of hydrogen-bond donors (Lipinski definition) is 2. The quantitative estimate of drug-likeness (QED) is 0.826. The first kappa shape index (κ1) is 16.7. The Morgan fingerprint density at radius 2 is 2.18 bits per heavy atom. The molecule has 0 saturated heterocycles. The SMILES string of the molecule is Cn1cc(CC(CO)(CNC(=O)OC(C)(C)C)C2CC2)nn1. The van der Waals surface area contributed by atoms with Gasteiger partial charge < -0.3 is 15.2 Å². The fourth-order valence-electron chi connectivity index (χ4n) is 2.69. The molecule has 0 spiro atoms. The first-order valence-corrected chi connectivity index (χ1v) is 7.67. The van der Waals surface area contributed by atoms with Crippen LogP contribution in [0, 0.1) is 11.3 Å². The highest BCUT2D eigenvalue weighted by Crippen LogP contribution is 2.47. The summed E-state index contributed by atoms with van der Waals surface area (Å²) in [6.45, 7) is 5.86. The number of carbonyl (C=O) groups is 1. The molecule has 2 rings (SSSR count). The van der Waals surface area contributed by atoms with Gasteiger partial charge in [0.2, 0.25) is 0 Å². The molecule has 1 heterocycles. The standard InChI is InChI=1S/C15H26N4O3/c1-14(2,3)22-13(21)16-9-15(10-20,11-5-6-11)7-12-8-19(4)18-17-12/h8,11,20H,5-7,9-10H2,1-4H3,(H,16,21). The molecule has 1 saturated carbocycles. The topological polar surface area (TPSA) is 89.3 Å². The number of aromatic nitrogens is 3. The molecule has 7 heteroatoms. The molecule has 1 unspecified atom stereocenters. The van der Waals surface area contributed by atoms with E-state index in [2.05, 4.69) is 15.6 Å². The van der Waals surface area contributed by atoms with Crippen molar-refractivity contribution in [1.29, 1.82) is 0 Å². The molecule has 1 fully saturated rings. The maximum Gasteiger partial charge on any atom is 0.407 e. The molecule has 0 radical (unpaired) electrons. The van der Waals surface area contributed by atoms with Crippen LogP contribution in [0.2, 0.25) is 0 Å². The van der Waals surface area contributed by atoms with Crippen LogP contribution in [-0.4, -0.2) is 44.9 Å². The van der Waals surface area contributed by atoms with E-state index in [1.165, 1.54) is 0 Å². The summed E-state index contributed by atoms with van der Waals surface area (Å²) < 4.78 is 6.91. The fourth-order valence-corrected chi connectivity index (χ4v) is 2.69. The van der Waals surface area contributed by atoms with Gasteiger partial charge in [-0.3, -0.25) is 4.68 Å². The summed E-state index contributed by atoms with van der Waals surface area (Å²) >= 11 is 0. The highest BCUT2D eigenvalue weighted by molar-refractivity contribution is 5.67. The van der Waals surface area contributed by atoms with Crippen LogP contribution < -0.4 is 5.32 Å². The Labute approximate surface area is 131 Å². The number of ether oxygens (including phenoxy) is 1. The average molecular weight is 310 g/mol. The number of aliphatic hydroxyl groups is 1. The molecular formula is C15H26N4O3.